The molecule has 2 amide bonds. The Morgan fingerprint density at radius 1 is 1.00 bits per heavy atom. The van der Waals surface area contributed by atoms with Crippen LogP contribution < -0.4 is 20.1 Å². The molecule has 0 unspecified atom stereocenters. The highest BCUT2D eigenvalue weighted by Crippen LogP contribution is 2.29. The fraction of sp³-hybridized carbons (Fsp3) is 0.381. The van der Waals surface area contributed by atoms with Crippen LogP contribution in [-0.4, -0.2) is 25.8 Å². The number of carbonyl (C=O) groups is 1. The Balaban J connectivity index is 1.80. The topological polar surface area (TPSA) is 59.6 Å². The van der Waals surface area contributed by atoms with Gasteiger partial charge in [-0.3, -0.25) is 0 Å². The number of amides is 2. The van der Waals surface area contributed by atoms with E-state index in [1.807, 2.05) is 55.5 Å². The number of benzene rings is 2. The van der Waals surface area contributed by atoms with Crippen molar-refractivity contribution in [2.45, 2.75) is 33.1 Å². The molecule has 26 heavy (non-hydrogen) atoms. The van der Waals surface area contributed by atoms with E-state index < -0.39 is 0 Å². The smallest absolute Gasteiger partial charge is 0.319 e. The summed E-state index contributed by atoms with van der Waals surface area (Å²) in [5.41, 5.74) is 1.88. The molecule has 2 aromatic carbocycles. The summed E-state index contributed by atoms with van der Waals surface area (Å²) in [6, 6.07) is 15.1. The van der Waals surface area contributed by atoms with Crippen LogP contribution in [0.4, 0.5) is 10.5 Å². The van der Waals surface area contributed by atoms with Gasteiger partial charge in [-0.05, 0) is 36.1 Å². The number of anilines is 1. The molecule has 2 rings (SSSR count). The predicted octanol–water partition coefficient (Wildman–Crippen LogP) is 4.58. The highest BCUT2D eigenvalue weighted by molar-refractivity contribution is 5.90. The molecule has 0 saturated heterocycles. The molecule has 0 aliphatic heterocycles. The van der Waals surface area contributed by atoms with E-state index in [9.17, 15) is 4.79 Å². The second kappa shape index (κ2) is 9.13. The Labute approximate surface area is 155 Å². The van der Waals surface area contributed by atoms with Crippen LogP contribution in [0.5, 0.6) is 11.5 Å². The molecule has 0 aliphatic carbocycles. The number of hydrogen-bond donors (Lipinski definition) is 2. The molecule has 2 aromatic rings. The molecule has 0 fully saturated rings. The van der Waals surface area contributed by atoms with E-state index in [-0.39, 0.29) is 11.4 Å². The van der Waals surface area contributed by atoms with Gasteiger partial charge in [-0.25, -0.2) is 4.79 Å². The standard InChI is InChI=1S/C21H28N2O3/c1-5-25-16-9-8-10-17(15-16)26-14-13-22-20(24)23-19-12-7-6-11-18(19)21(2,3)4/h6-12,15H,5,13-14H2,1-4H3,(H2,22,23,24). The average molecular weight is 356 g/mol. The number of para-hydroxylation sites is 1. The summed E-state index contributed by atoms with van der Waals surface area (Å²) in [4.78, 5) is 12.1. The maximum atomic E-state index is 12.1. The third kappa shape index (κ3) is 5.99. The van der Waals surface area contributed by atoms with Gasteiger partial charge in [0.2, 0.25) is 0 Å². The summed E-state index contributed by atoms with van der Waals surface area (Å²) in [6.07, 6.45) is 0. The van der Waals surface area contributed by atoms with Gasteiger partial charge >= 0.3 is 6.03 Å². The lowest BCUT2D eigenvalue weighted by Crippen LogP contribution is -2.33. The largest absolute Gasteiger partial charge is 0.494 e. The van der Waals surface area contributed by atoms with Gasteiger partial charge in [0.1, 0.15) is 18.1 Å². The lowest BCUT2D eigenvalue weighted by Gasteiger charge is -2.23. The van der Waals surface area contributed by atoms with E-state index in [0.29, 0.717) is 19.8 Å². The lowest BCUT2D eigenvalue weighted by atomic mass is 9.86. The first kappa shape index (κ1) is 19.6. The van der Waals surface area contributed by atoms with Crippen LogP contribution in [0.2, 0.25) is 0 Å². The molecule has 0 spiro atoms. The monoisotopic (exact) mass is 356 g/mol. The minimum absolute atomic E-state index is 0.0431. The van der Waals surface area contributed by atoms with Gasteiger partial charge in [0.15, 0.2) is 0 Å². The van der Waals surface area contributed by atoms with Gasteiger partial charge in [0.05, 0.1) is 13.2 Å². The van der Waals surface area contributed by atoms with E-state index in [0.717, 1.165) is 22.7 Å². The lowest BCUT2D eigenvalue weighted by molar-refractivity contribution is 0.247. The first-order valence-electron chi connectivity index (χ1n) is 8.90. The number of carbonyl (C=O) groups excluding carboxylic acids is 1. The van der Waals surface area contributed by atoms with Crippen LogP contribution in [0.25, 0.3) is 0 Å². The van der Waals surface area contributed by atoms with Gasteiger partial charge in [0.25, 0.3) is 0 Å². The predicted molar refractivity (Wildman–Crippen MR) is 105 cm³/mol. The molecule has 0 aromatic heterocycles. The first-order valence-corrected chi connectivity index (χ1v) is 8.90. The van der Waals surface area contributed by atoms with E-state index in [1.54, 1.807) is 0 Å². The zero-order valence-electron chi connectivity index (χ0n) is 16.0. The first-order chi connectivity index (χ1) is 12.4. The number of ether oxygens (including phenoxy) is 2. The van der Waals surface area contributed by atoms with Crippen molar-refractivity contribution in [3.63, 3.8) is 0 Å². The molecular formula is C21H28N2O3. The molecule has 0 aliphatic rings. The minimum Gasteiger partial charge on any atom is -0.494 e. The highest BCUT2D eigenvalue weighted by atomic mass is 16.5. The molecule has 0 heterocycles. The van der Waals surface area contributed by atoms with Gasteiger partial charge in [-0.2, -0.15) is 0 Å². The van der Waals surface area contributed by atoms with Crippen LogP contribution in [-0.2, 0) is 5.41 Å². The van der Waals surface area contributed by atoms with Gasteiger partial charge < -0.3 is 20.1 Å². The molecule has 0 saturated carbocycles. The molecule has 5 heteroatoms. The normalized spacial score (nSPS) is 10.9. The number of rotatable bonds is 7. The van der Waals surface area contributed by atoms with Crippen molar-refractivity contribution in [1.82, 2.24) is 5.32 Å². The van der Waals surface area contributed by atoms with Crippen LogP contribution in [0.15, 0.2) is 48.5 Å². The second-order valence-electron chi connectivity index (χ2n) is 6.93. The molecule has 0 atom stereocenters. The van der Waals surface area contributed by atoms with Crippen molar-refractivity contribution in [1.29, 1.82) is 0 Å². The van der Waals surface area contributed by atoms with Gasteiger partial charge in [-0.15, -0.1) is 0 Å². The summed E-state index contributed by atoms with van der Waals surface area (Å²) in [7, 11) is 0. The zero-order chi connectivity index (χ0) is 19.0. The summed E-state index contributed by atoms with van der Waals surface area (Å²) in [6.45, 7) is 9.70. The quantitative estimate of drug-likeness (QED) is 0.714. The fourth-order valence-corrected chi connectivity index (χ4v) is 2.57. The molecule has 140 valence electrons. The maximum Gasteiger partial charge on any atom is 0.319 e. The van der Waals surface area contributed by atoms with Crippen molar-refractivity contribution >= 4 is 11.7 Å². The summed E-state index contributed by atoms with van der Waals surface area (Å²) < 4.78 is 11.1. The number of hydrogen-bond acceptors (Lipinski definition) is 3. The summed E-state index contributed by atoms with van der Waals surface area (Å²) in [5.74, 6) is 1.49. The van der Waals surface area contributed by atoms with Crippen molar-refractivity contribution in [3.05, 3.63) is 54.1 Å². The third-order valence-electron chi connectivity index (χ3n) is 3.76. The fourth-order valence-electron chi connectivity index (χ4n) is 2.57. The molecule has 2 N–H and O–H groups in total. The molecule has 0 radical (unpaired) electrons. The van der Waals surface area contributed by atoms with Gasteiger partial charge in [-0.1, -0.05) is 45.0 Å². The Bertz CT molecular complexity index is 723. The maximum absolute atomic E-state index is 12.1. The molecule has 5 nitrogen and oxygen atoms in total. The van der Waals surface area contributed by atoms with Crippen molar-refractivity contribution in [2.24, 2.45) is 0 Å². The van der Waals surface area contributed by atoms with Crippen LogP contribution in [0.1, 0.15) is 33.3 Å². The molecule has 0 bridgehead atoms. The number of urea groups is 1. The van der Waals surface area contributed by atoms with Crippen LogP contribution in [0, 0.1) is 0 Å². The van der Waals surface area contributed by atoms with Crippen LogP contribution >= 0.6 is 0 Å². The Kier molecular flexibility index (Phi) is 6.89. The zero-order valence-corrected chi connectivity index (χ0v) is 16.0. The Morgan fingerprint density at radius 3 is 2.38 bits per heavy atom. The van der Waals surface area contributed by atoms with Crippen LogP contribution in [0.3, 0.4) is 0 Å². The summed E-state index contributed by atoms with van der Waals surface area (Å²) >= 11 is 0. The van der Waals surface area contributed by atoms with E-state index in [2.05, 4.69) is 31.4 Å². The van der Waals surface area contributed by atoms with Crippen molar-refractivity contribution in [3.8, 4) is 11.5 Å². The average Bonchev–Trinajstić information content (AvgIpc) is 2.59. The number of nitrogens with one attached hydrogen (secondary N) is 2. The second-order valence-corrected chi connectivity index (χ2v) is 6.93. The van der Waals surface area contributed by atoms with Crippen molar-refractivity contribution in [2.75, 3.05) is 25.1 Å². The molecular weight excluding hydrogens is 328 g/mol. The minimum atomic E-state index is -0.242. The van der Waals surface area contributed by atoms with Gasteiger partial charge in [0, 0.05) is 11.8 Å². The Hall–Kier alpha value is -2.69. The van der Waals surface area contributed by atoms with E-state index in [4.69, 9.17) is 9.47 Å². The SMILES string of the molecule is CCOc1cccc(OCCNC(=O)Nc2ccccc2C(C)(C)C)c1. The Morgan fingerprint density at radius 2 is 1.69 bits per heavy atom. The van der Waals surface area contributed by atoms with E-state index >= 15 is 0 Å². The van der Waals surface area contributed by atoms with E-state index in [1.165, 1.54) is 0 Å². The third-order valence-corrected chi connectivity index (χ3v) is 3.76. The summed E-state index contributed by atoms with van der Waals surface area (Å²) in [5, 5.41) is 5.73. The highest BCUT2D eigenvalue weighted by Gasteiger charge is 2.18. The van der Waals surface area contributed by atoms with Crippen molar-refractivity contribution < 1.29 is 14.3 Å².